The number of hydrogen-bond acceptors (Lipinski definition) is 3. The maximum atomic E-state index is 6.16. The van der Waals surface area contributed by atoms with Gasteiger partial charge in [-0.05, 0) is 41.6 Å². The Balaban J connectivity index is 1.94. The number of aryl methyl sites for hydroxylation is 1. The third-order valence-electron chi connectivity index (χ3n) is 4.17. The zero-order chi connectivity index (χ0) is 16.7. The van der Waals surface area contributed by atoms with Gasteiger partial charge in [0.05, 0.1) is 14.8 Å². The molecule has 120 valence electrons. The number of para-hydroxylation sites is 1. The van der Waals surface area contributed by atoms with Gasteiger partial charge in [-0.1, -0.05) is 48.0 Å². The van der Waals surface area contributed by atoms with E-state index in [9.17, 15) is 0 Å². The zero-order valence-corrected chi connectivity index (χ0v) is 15.6. The highest BCUT2D eigenvalue weighted by atomic mass is 127. The van der Waals surface area contributed by atoms with Crippen LogP contribution in [0.3, 0.4) is 0 Å². The standard InChI is InChI=1S/C20H16INO2/c1-12-7-9-13(10-8-12)19-17(21)18-15(20(23-2)24-19)11-14-5-3-4-6-16(14)22-18/h3-11,20H,1-2H3. The number of ether oxygens (including phenoxy) is 2. The number of fused-ring (bicyclic) bond motifs is 2. The summed E-state index contributed by atoms with van der Waals surface area (Å²) in [5.41, 5.74) is 5.13. The number of nitrogens with zero attached hydrogens (tertiary/aromatic N) is 1. The van der Waals surface area contributed by atoms with Crippen LogP contribution in [0.5, 0.6) is 0 Å². The molecular formula is C20H16INO2. The molecule has 4 heteroatoms. The van der Waals surface area contributed by atoms with E-state index in [1.165, 1.54) is 5.56 Å². The van der Waals surface area contributed by atoms with Crippen molar-refractivity contribution in [2.45, 2.75) is 13.2 Å². The summed E-state index contributed by atoms with van der Waals surface area (Å²) in [5, 5.41) is 1.09. The first-order chi connectivity index (χ1) is 11.7. The maximum Gasteiger partial charge on any atom is 0.228 e. The van der Waals surface area contributed by atoms with Crippen LogP contribution in [0.4, 0.5) is 0 Å². The first kappa shape index (κ1) is 15.6. The van der Waals surface area contributed by atoms with Crippen molar-refractivity contribution in [3.8, 4) is 0 Å². The molecule has 2 aromatic carbocycles. The fraction of sp³-hybridized carbons (Fsp3) is 0.150. The highest BCUT2D eigenvalue weighted by Gasteiger charge is 2.29. The van der Waals surface area contributed by atoms with Gasteiger partial charge < -0.3 is 9.47 Å². The van der Waals surface area contributed by atoms with Crippen LogP contribution >= 0.6 is 22.6 Å². The lowest BCUT2D eigenvalue weighted by Crippen LogP contribution is -2.15. The SMILES string of the molecule is COC1OC(c2ccc(C)cc2)=C(I)c2nc3ccccc3cc21. The van der Waals surface area contributed by atoms with Crippen LogP contribution in [-0.4, -0.2) is 12.1 Å². The van der Waals surface area contributed by atoms with E-state index < -0.39 is 6.29 Å². The topological polar surface area (TPSA) is 31.4 Å². The Kier molecular flexibility index (Phi) is 4.02. The lowest BCUT2D eigenvalue weighted by Gasteiger charge is -2.28. The summed E-state index contributed by atoms with van der Waals surface area (Å²) in [6, 6.07) is 18.5. The van der Waals surface area contributed by atoms with Crippen molar-refractivity contribution in [3.05, 3.63) is 77.0 Å². The smallest absolute Gasteiger partial charge is 0.228 e. The van der Waals surface area contributed by atoms with Crippen LogP contribution in [-0.2, 0) is 9.47 Å². The second-order valence-corrected chi connectivity index (χ2v) is 6.89. The molecule has 1 aromatic heterocycles. The summed E-state index contributed by atoms with van der Waals surface area (Å²) >= 11 is 2.32. The molecule has 1 atom stereocenters. The van der Waals surface area contributed by atoms with Crippen molar-refractivity contribution in [2.24, 2.45) is 0 Å². The van der Waals surface area contributed by atoms with E-state index in [4.69, 9.17) is 14.5 Å². The summed E-state index contributed by atoms with van der Waals surface area (Å²) in [5.74, 6) is 0.817. The first-order valence-corrected chi connectivity index (χ1v) is 8.81. The van der Waals surface area contributed by atoms with Gasteiger partial charge >= 0.3 is 0 Å². The fourth-order valence-electron chi connectivity index (χ4n) is 2.89. The molecule has 0 amide bonds. The minimum absolute atomic E-state index is 0.452. The zero-order valence-electron chi connectivity index (χ0n) is 13.4. The molecule has 0 saturated heterocycles. The van der Waals surface area contributed by atoms with Gasteiger partial charge in [0.2, 0.25) is 6.29 Å². The van der Waals surface area contributed by atoms with E-state index in [1.54, 1.807) is 7.11 Å². The Morgan fingerprint density at radius 1 is 1.08 bits per heavy atom. The van der Waals surface area contributed by atoms with Gasteiger partial charge in [-0.3, -0.25) is 0 Å². The van der Waals surface area contributed by atoms with Crippen molar-refractivity contribution in [1.29, 1.82) is 0 Å². The number of benzene rings is 2. The largest absolute Gasteiger partial charge is 0.459 e. The maximum absolute atomic E-state index is 6.16. The summed E-state index contributed by atoms with van der Waals surface area (Å²) in [6.07, 6.45) is -0.452. The molecular weight excluding hydrogens is 413 g/mol. The number of methoxy groups -OCH3 is 1. The molecule has 24 heavy (non-hydrogen) atoms. The van der Waals surface area contributed by atoms with Gasteiger partial charge in [0.15, 0.2) is 0 Å². The summed E-state index contributed by atoms with van der Waals surface area (Å²) in [6.45, 7) is 2.08. The fourth-order valence-corrected chi connectivity index (χ4v) is 3.76. The lowest BCUT2D eigenvalue weighted by molar-refractivity contribution is -0.0767. The number of halogens is 1. The molecule has 0 bridgehead atoms. The Morgan fingerprint density at radius 2 is 1.83 bits per heavy atom. The van der Waals surface area contributed by atoms with Crippen LogP contribution in [0.15, 0.2) is 54.6 Å². The number of hydrogen-bond donors (Lipinski definition) is 0. The van der Waals surface area contributed by atoms with Gasteiger partial charge in [-0.2, -0.15) is 0 Å². The van der Waals surface area contributed by atoms with E-state index in [0.29, 0.717) is 0 Å². The Labute approximate surface area is 154 Å². The summed E-state index contributed by atoms with van der Waals surface area (Å²) in [7, 11) is 1.66. The van der Waals surface area contributed by atoms with E-state index >= 15 is 0 Å². The third kappa shape index (κ3) is 2.59. The van der Waals surface area contributed by atoms with Crippen LogP contribution in [0, 0.1) is 6.92 Å². The first-order valence-electron chi connectivity index (χ1n) is 7.73. The molecule has 0 aliphatic carbocycles. The number of aromatic nitrogens is 1. The second kappa shape index (κ2) is 6.18. The lowest BCUT2D eigenvalue weighted by atomic mass is 10.0. The van der Waals surface area contributed by atoms with Gasteiger partial charge in [0.25, 0.3) is 0 Å². The Bertz CT molecular complexity index is 948. The Morgan fingerprint density at radius 3 is 2.58 bits per heavy atom. The van der Waals surface area contributed by atoms with Crippen LogP contribution in [0.25, 0.3) is 20.2 Å². The monoisotopic (exact) mass is 429 g/mol. The molecule has 0 spiro atoms. The average Bonchev–Trinajstić information content (AvgIpc) is 2.62. The van der Waals surface area contributed by atoms with E-state index in [-0.39, 0.29) is 0 Å². The van der Waals surface area contributed by atoms with Gasteiger partial charge in [-0.25, -0.2) is 4.98 Å². The van der Waals surface area contributed by atoms with Crippen molar-refractivity contribution in [3.63, 3.8) is 0 Å². The molecule has 0 N–H and O–H groups in total. The average molecular weight is 429 g/mol. The third-order valence-corrected chi connectivity index (χ3v) is 5.17. The molecule has 0 fully saturated rings. The summed E-state index contributed by atoms with van der Waals surface area (Å²) < 4.78 is 12.8. The second-order valence-electron chi connectivity index (χ2n) is 5.81. The van der Waals surface area contributed by atoms with Gasteiger partial charge in [-0.15, -0.1) is 0 Å². The van der Waals surface area contributed by atoms with Crippen molar-refractivity contribution >= 4 is 42.8 Å². The Hall–Kier alpha value is -1.92. The summed E-state index contributed by atoms with van der Waals surface area (Å²) in [4.78, 5) is 4.86. The van der Waals surface area contributed by atoms with Gasteiger partial charge in [0.1, 0.15) is 5.76 Å². The van der Waals surface area contributed by atoms with Crippen molar-refractivity contribution < 1.29 is 9.47 Å². The molecule has 3 nitrogen and oxygen atoms in total. The van der Waals surface area contributed by atoms with E-state index in [2.05, 4.69) is 65.9 Å². The molecule has 1 unspecified atom stereocenters. The molecule has 1 aliphatic heterocycles. The molecule has 0 saturated carbocycles. The van der Waals surface area contributed by atoms with Crippen LogP contribution in [0.2, 0.25) is 0 Å². The van der Waals surface area contributed by atoms with Crippen LogP contribution in [0.1, 0.15) is 28.7 Å². The predicted octanol–water partition coefficient (Wildman–Crippen LogP) is 5.48. The quantitative estimate of drug-likeness (QED) is 0.506. The normalized spacial score (nSPS) is 16.9. The molecule has 3 aromatic rings. The number of rotatable bonds is 2. The van der Waals surface area contributed by atoms with Crippen molar-refractivity contribution in [1.82, 2.24) is 4.98 Å². The highest BCUT2D eigenvalue weighted by Crippen LogP contribution is 2.44. The predicted molar refractivity (Wildman–Crippen MR) is 105 cm³/mol. The highest BCUT2D eigenvalue weighted by molar-refractivity contribution is 14.1. The van der Waals surface area contributed by atoms with Crippen LogP contribution < -0.4 is 0 Å². The minimum atomic E-state index is -0.452. The van der Waals surface area contributed by atoms with E-state index in [1.807, 2.05) is 18.2 Å². The molecule has 2 heterocycles. The van der Waals surface area contributed by atoms with E-state index in [0.717, 1.165) is 37.1 Å². The molecule has 1 aliphatic rings. The van der Waals surface area contributed by atoms with Gasteiger partial charge in [0, 0.05) is 23.6 Å². The number of pyridine rings is 1. The minimum Gasteiger partial charge on any atom is -0.459 e. The van der Waals surface area contributed by atoms with Crippen molar-refractivity contribution in [2.75, 3.05) is 7.11 Å². The molecule has 4 rings (SSSR count). The molecule has 0 radical (unpaired) electrons.